The number of amides is 1. The summed E-state index contributed by atoms with van der Waals surface area (Å²) in [5.74, 6) is -1.24. The number of anilines is 1. The predicted octanol–water partition coefficient (Wildman–Crippen LogP) is 0.618. The van der Waals surface area contributed by atoms with Gasteiger partial charge >= 0.3 is 16.6 Å². The van der Waals surface area contributed by atoms with Gasteiger partial charge in [0.2, 0.25) is 5.91 Å². The van der Waals surface area contributed by atoms with Crippen molar-refractivity contribution >= 4 is 29.3 Å². The van der Waals surface area contributed by atoms with Crippen molar-refractivity contribution in [3.8, 4) is 5.75 Å². The molecule has 0 saturated carbocycles. The molecule has 0 aliphatic rings. The molecule has 0 fully saturated rings. The number of nitrogens with one attached hydrogen (secondary N) is 2. The largest absolute Gasteiger partial charge is 0.495 e. The molecule has 1 atom stereocenters. The van der Waals surface area contributed by atoms with Crippen molar-refractivity contribution < 1.29 is 28.6 Å². The molecule has 1 heterocycles. The highest BCUT2D eigenvalue weighted by atomic mass is 32.2. The number of benzene rings is 1. The summed E-state index contributed by atoms with van der Waals surface area (Å²) >= 11 is 1.03. The first-order valence-electron chi connectivity index (χ1n) is 6.79. The molecule has 0 aliphatic heterocycles. The van der Waals surface area contributed by atoms with Gasteiger partial charge in [0.15, 0.2) is 7.05 Å². The number of rotatable bonds is 6. The number of carbonyl (C=O) groups excluding carboxylic acids is 1. The Balaban J connectivity index is 2.14. The molecule has 1 aromatic heterocycles. The quantitative estimate of drug-likeness (QED) is 0.513. The molecule has 1 aromatic carbocycles. The molecule has 1 amide bonds. The Bertz CT molecular complexity index is 828. The number of carboxylic acid groups (broad SMARTS) is 1. The normalized spacial score (nSPS) is 11.8. The minimum Gasteiger partial charge on any atom is -0.495 e. The molecule has 2 aromatic rings. The minimum absolute atomic E-state index is 0.0456. The van der Waals surface area contributed by atoms with E-state index in [0.717, 1.165) is 11.8 Å². The number of hydrogen-bond acceptors (Lipinski definition) is 6. The van der Waals surface area contributed by atoms with Gasteiger partial charge in [-0.15, -0.1) is 0 Å². The van der Waals surface area contributed by atoms with Crippen LogP contribution in [-0.4, -0.2) is 34.6 Å². The van der Waals surface area contributed by atoms with Crippen molar-refractivity contribution in [3.05, 3.63) is 34.2 Å². The van der Waals surface area contributed by atoms with Gasteiger partial charge in [0.25, 0.3) is 0 Å². The summed E-state index contributed by atoms with van der Waals surface area (Å²) < 4.78 is 11.1. The maximum absolute atomic E-state index is 12.3. The number of aromatic carboxylic acids is 1. The third-order valence-electron chi connectivity index (χ3n) is 3.12. The van der Waals surface area contributed by atoms with E-state index in [1.54, 1.807) is 14.0 Å². The number of aryl methyl sites for hydroxylation is 1. The van der Waals surface area contributed by atoms with Crippen LogP contribution in [0.15, 0.2) is 32.5 Å². The van der Waals surface area contributed by atoms with E-state index in [2.05, 4.69) is 15.1 Å². The van der Waals surface area contributed by atoms with Crippen molar-refractivity contribution in [2.24, 2.45) is 7.05 Å². The van der Waals surface area contributed by atoms with Gasteiger partial charge in [0.1, 0.15) is 5.75 Å². The van der Waals surface area contributed by atoms with Crippen LogP contribution in [0.25, 0.3) is 0 Å². The Morgan fingerprint density at radius 1 is 1.46 bits per heavy atom. The lowest BCUT2D eigenvalue weighted by Crippen LogP contribution is -2.35. The Labute approximate surface area is 140 Å². The predicted molar refractivity (Wildman–Crippen MR) is 84.4 cm³/mol. The number of H-pyrrole nitrogens is 1. The zero-order chi connectivity index (χ0) is 17.9. The van der Waals surface area contributed by atoms with Crippen molar-refractivity contribution in [1.29, 1.82) is 0 Å². The maximum Gasteiger partial charge on any atom is 0.441 e. The molecule has 128 valence electrons. The molecule has 0 spiro atoms. The Kier molecular flexibility index (Phi) is 5.29. The van der Waals surface area contributed by atoms with Gasteiger partial charge in [-0.1, -0.05) is 4.68 Å². The fraction of sp³-hybridized carbons (Fsp3) is 0.286. The summed E-state index contributed by atoms with van der Waals surface area (Å²) in [6, 6.07) is 4.12. The number of aromatic nitrogens is 2. The first-order chi connectivity index (χ1) is 11.3. The van der Waals surface area contributed by atoms with Crippen LogP contribution in [0.5, 0.6) is 5.75 Å². The molecular weight excluding hydrogens is 338 g/mol. The number of carboxylic acids is 1. The van der Waals surface area contributed by atoms with E-state index in [1.165, 1.54) is 30.0 Å². The fourth-order valence-electron chi connectivity index (χ4n) is 1.84. The summed E-state index contributed by atoms with van der Waals surface area (Å²) in [5.41, 5.74) is -0.180. The number of hydrogen-bond donors (Lipinski definition) is 3. The van der Waals surface area contributed by atoms with Crippen LogP contribution in [-0.2, 0) is 11.8 Å². The SMILES string of the molecule is COc1cc(C(=O)O)ccc1NC(=O)C(C)Sc1c(=O)o[nH][n+]1C. The topological polar surface area (TPSA) is 126 Å². The molecule has 9 nitrogen and oxygen atoms in total. The molecule has 0 radical (unpaired) electrons. The number of aromatic amines is 1. The van der Waals surface area contributed by atoms with Gasteiger partial charge in [-0.25, -0.2) is 9.59 Å². The number of nitrogens with zero attached hydrogens (tertiary/aromatic N) is 1. The highest BCUT2D eigenvalue weighted by Gasteiger charge is 2.26. The lowest BCUT2D eigenvalue weighted by Gasteiger charge is -2.13. The van der Waals surface area contributed by atoms with E-state index in [0.29, 0.717) is 5.69 Å². The van der Waals surface area contributed by atoms with Crippen molar-refractivity contribution in [2.45, 2.75) is 17.2 Å². The Morgan fingerprint density at radius 2 is 2.17 bits per heavy atom. The highest BCUT2D eigenvalue weighted by Crippen LogP contribution is 2.27. The van der Waals surface area contributed by atoms with Crippen molar-refractivity contribution in [1.82, 2.24) is 5.27 Å². The van der Waals surface area contributed by atoms with E-state index < -0.39 is 16.8 Å². The van der Waals surface area contributed by atoms with E-state index in [9.17, 15) is 14.4 Å². The first-order valence-corrected chi connectivity index (χ1v) is 7.67. The van der Waals surface area contributed by atoms with Crippen LogP contribution in [0.2, 0.25) is 0 Å². The highest BCUT2D eigenvalue weighted by molar-refractivity contribution is 8.00. The van der Waals surface area contributed by atoms with E-state index in [-0.39, 0.29) is 22.2 Å². The van der Waals surface area contributed by atoms with Gasteiger partial charge in [0.05, 0.1) is 23.6 Å². The van der Waals surface area contributed by atoms with Crippen LogP contribution in [0.3, 0.4) is 0 Å². The maximum atomic E-state index is 12.3. The molecule has 0 aliphatic carbocycles. The van der Waals surface area contributed by atoms with Gasteiger partial charge in [0, 0.05) is 0 Å². The second-order valence-electron chi connectivity index (χ2n) is 4.81. The third kappa shape index (κ3) is 3.77. The summed E-state index contributed by atoms with van der Waals surface area (Å²) in [6.45, 7) is 1.63. The van der Waals surface area contributed by atoms with E-state index >= 15 is 0 Å². The van der Waals surface area contributed by atoms with Gasteiger partial charge in [-0.2, -0.15) is 0 Å². The Hall–Kier alpha value is -2.75. The van der Waals surface area contributed by atoms with Crippen molar-refractivity contribution in [2.75, 3.05) is 12.4 Å². The molecule has 10 heteroatoms. The van der Waals surface area contributed by atoms with Gasteiger partial charge < -0.3 is 15.2 Å². The average molecular weight is 354 g/mol. The van der Waals surface area contributed by atoms with E-state index in [4.69, 9.17) is 9.84 Å². The lowest BCUT2D eigenvalue weighted by molar-refractivity contribution is -0.772. The summed E-state index contributed by atoms with van der Waals surface area (Å²) in [5, 5.41) is 13.6. The lowest BCUT2D eigenvalue weighted by atomic mass is 10.2. The summed E-state index contributed by atoms with van der Waals surface area (Å²) in [4.78, 5) is 34.8. The van der Waals surface area contributed by atoms with Crippen LogP contribution < -0.4 is 20.4 Å². The zero-order valence-corrected chi connectivity index (χ0v) is 14.0. The van der Waals surface area contributed by atoms with Crippen molar-refractivity contribution in [3.63, 3.8) is 0 Å². The van der Waals surface area contributed by atoms with Crippen LogP contribution in [0.4, 0.5) is 5.69 Å². The second kappa shape index (κ2) is 7.21. The van der Waals surface area contributed by atoms with E-state index in [1.807, 2.05) is 0 Å². The molecule has 0 bridgehead atoms. The number of carbonyl (C=O) groups is 2. The standard InChI is InChI=1S/C14H15N3O6S/c1-7(24-12-14(21)23-16-17(12)2)11(18)15-9-5-4-8(13(19)20)6-10(9)22-3/h4-7H,1-3H3,(H2-,15,16,18,19,20,21)/p+1. The monoisotopic (exact) mass is 354 g/mol. The molecule has 0 saturated heterocycles. The minimum atomic E-state index is -1.10. The number of ether oxygens (including phenoxy) is 1. The third-order valence-corrected chi connectivity index (χ3v) is 4.35. The molecule has 24 heavy (non-hydrogen) atoms. The fourth-order valence-corrected chi connectivity index (χ4v) is 2.68. The zero-order valence-electron chi connectivity index (χ0n) is 13.2. The van der Waals surface area contributed by atoms with Crippen LogP contribution in [0.1, 0.15) is 17.3 Å². The Morgan fingerprint density at radius 3 is 2.71 bits per heavy atom. The molecule has 1 unspecified atom stereocenters. The first kappa shape index (κ1) is 17.6. The van der Waals surface area contributed by atoms with Crippen LogP contribution in [0, 0.1) is 0 Å². The molecule has 2 rings (SSSR count). The number of methoxy groups -OCH3 is 1. The van der Waals surface area contributed by atoms with Gasteiger partial charge in [-0.3, -0.25) is 9.32 Å². The summed E-state index contributed by atoms with van der Waals surface area (Å²) in [6.07, 6.45) is 0. The average Bonchev–Trinajstić information content (AvgIpc) is 2.86. The van der Waals surface area contributed by atoms with Crippen LogP contribution >= 0.6 is 11.8 Å². The van der Waals surface area contributed by atoms with Gasteiger partial charge in [-0.05, 0) is 42.2 Å². The molecule has 3 N–H and O–H groups in total. The second-order valence-corrected chi connectivity index (χ2v) is 6.14. The number of thioether (sulfide) groups is 1. The summed E-state index contributed by atoms with van der Waals surface area (Å²) in [7, 11) is 2.96. The smallest absolute Gasteiger partial charge is 0.441 e. The molecular formula is C14H16N3O6S+.